The van der Waals surface area contributed by atoms with Gasteiger partial charge in [-0.05, 0) is 36.3 Å². The third-order valence-corrected chi connectivity index (χ3v) is 8.80. The first-order valence-corrected chi connectivity index (χ1v) is 10.3. The van der Waals surface area contributed by atoms with Gasteiger partial charge in [0, 0.05) is 11.1 Å². The second-order valence-corrected chi connectivity index (χ2v) is 11.8. The number of ether oxygens (including phenoxy) is 1. The van der Waals surface area contributed by atoms with Crippen LogP contribution in [-0.4, -0.2) is 32.5 Å². The van der Waals surface area contributed by atoms with Crippen LogP contribution in [0.3, 0.4) is 0 Å². The molecule has 0 spiro atoms. The minimum Gasteiger partial charge on any atom is -0.496 e. The maximum absolute atomic E-state index is 12.9. The lowest BCUT2D eigenvalue weighted by Crippen LogP contribution is -2.40. The summed E-state index contributed by atoms with van der Waals surface area (Å²) in [5.41, 5.74) is -1.11. The molecule has 4 nitrogen and oxygen atoms in total. The van der Waals surface area contributed by atoms with Gasteiger partial charge in [0.25, 0.3) is 0 Å². The van der Waals surface area contributed by atoms with Crippen LogP contribution in [0, 0.1) is 0 Å². The molecular weight excluding hydrogens is 339 g/mol. The Balaban J connectivity index is 3.17. The number of oxime groups is 1. The van der Waals surface area contributed by atoms with E-state index in [1.807, 2.05) is 0 Å². The van der Waals surface area contributed by atoms with Crippen molar-refractivity contribution < 1.29 is 27.5 Å². The van der Waals surface area contributed by atoms with Crippen molar-refractivity contribution in [2.45, 2.75) is 51.7 Å². The van der Waals surface area contributed by atoms with Crippen LogP contribution in [0.15, 0.2) is 23.4 Å². The summed E-state index contributed by atoms with van der Waals surface area (Å²) >= 11 is 0. The topological polar surface area (TPSA) is 51.0 Å². The van der Waals surface area contributed by atoms with Crippen LogP contribution in [0.2, 0.25) is 18.1 Å². The molecule has 8 heteroatoms. The smallest absolute Gasteiger partial charge is 0.437 e. The van der Waals surface area contributed by atoms with E-state index in [1.54, 1.807) is 0 Å². The molecule has 0 aliphatic carbocycles. The lowest BCUT2D eigenvalue weighted by Gasteiger charge is -2.36. The second kappa shape index (κ2) is 7.14. The summed E-state index contributed by atoms with van der Waals surface area (Å²) in [6.07, 6.45) is -4.75. The van der Waals surface area contributed by atoms with E-state index in [0.29, 0.717) is 11.3 Å². The third-order valence-electron chi connectivity index (χ3n) is 4.32. The van der Waals surface area contributed by atoms with Crippen molar-refractivity contribution in [3.05, 3.63) is 29.3 Å². The highest BCUT2D eigenvalue weighted by Gasteiger charge is 2.39. The Morgan fingerprint density at radius 3 is 2.21 bits per heavy atom. The van der Waals surface area contributed by atoms with E-state index in [9.17, 15) is 13.2 Å². The average molecular weight is 363 g/mol. The number of alkyl halides is 3. The Bertz CT molecular complexity index is 608. The molecule has 0 saturated heterocycles. The molecule has 0 atom stereocenters. The van der Waals surface area contributed by atoms with E-state index in [-0.39, 0.29) is 17.2 Å². The third kappa shape index (κ3) is 4.73. The molecule has 0 aromatic heterocycles. The molecule has 1 N–H and O–H groups in total. The van der Waals surface area contributed by atoms with Crippen molar-refractivity contribution in [3.63, 3.8) is 0 Å². The van der Waals surface area contributed by atoms with Crippen LogP contribution in [0.5, 0.6) is 5.75 Å². The Hall–Kier alpha value is -1.54. The van der Waals surface area contributed by atoms with Crippen molar-refractivity contribution in [1.82, 2.24) is 0 Å². The highest BCUT2D eigenvalue weighted by molar-refractivity contribution is 6.74. The molecule has 1 aromatic carbocycles. The van der Waals surface area contributed by atoms with Gasteiger partial charge in [0.05, 0.1) is 13.7 Å². The molecule has 0 aliphatic heterocycles. The fourth-order valence-corrected chi connectivity index (χ4v) is 2.74. The average Bonchev–Trinajstić information content (AvgIpc) is 2.43. The lowest BCUT2D eigenvalue weighted by atomic mass is 10.1. The number of hydrogen-bond acceptors (Lipinski definition) is 4. The van der Waals surface area contributed by atoms with E-state index in [2.05, 4.69) is 39.0 Å². The van der Waals surface area contributed by atoms with Gasteiger partial charge in [0.15, 0.2) is 14.0 Å². The lowest BCUT2D eigenvalue weighted by molar-refractivity contribution is -0.0601. The van der Waals surface area contributed by atoms with Crippen LogP contribution in [0.25, 0.3) is 0 Å². The van der Waals surface area contributed by atoms with Crippen LogP contribution in [-0.2, 0) is 11.0 Å². The summed E-state index contributed by atoms with van der Waals surface area (Å²) in [6.45, 7) is 10.5. The molecule has 1 rings (SSSR count). The summed E-state index contributed by atoms with van der Waals surface area (Å²) in [7, 11) is -0.630. The van der Waals surface area contributed by atoms with Gasteiger partial charge in [-0.2, -0.15) is 13.2 Å². The number of halogens is 3. The molecule has 0 amide bonds. The fraction of sp³-hybridized carbons (Fsp3) is 0.562. The molecule has 0 saturated carbocycles. The zero-order valence-corrected chi connectivity index (χ0v) is 15.8. The van der Waals surface area contributed by atoms with Gasteiger partial charge in [0.2, 0.25) is 0 Å². The van der Waals surface area contributed by atoms with Crippen molar-refractivity contribution >= 4 is 14.0 Å². The zero-order chi connectivity index (χ0) is 18.8. The molecule has 0 fully saturated rings. The van der Waals surface area contributed by atoms with Crippen LogP contribution in [0.4, 0.5) is 13.2 Å². The predicted octanol–water partition coefficient (Wildman–Crippen LogP) is 4.96. The largest absolute Gasteiger partial charge is 0.496 e. The number of methoxy groups -OCH3 is 1. The van der Waals surface area contributed by atoms with Gasteiger partial charge >= 0.3 is 6.18 Å². The Morgan fingerprint density at radius 1 is 1.21 bits per heavy atom. The number of benzene rings is 1. The second-order valence-electron chi connectivity index (χ2n) is 7.02. The summed E-state index contributed by atoms with van der Waals surface area (Å²) in [6, 6.07) is 3.91. The normalized spacial score (nSPS) is 14.0. The molecule has 1 aromatic rings. The van der Waals surface area contributed by atoms with Crippen LogP contribution >= 0.6 is 0 Å². The molecule has 24 heavy (non-hydrogen) atoms. The predicted molar refractivity (Wildman–Crippen MR) is 89.4 cm³/mol. The first-order valence-electron chi connectivity index (χ1n) is 7.44. The van der Waals surface area contributed by atoms with Gasteiger partial charge in [-0.15, -0.1) is 0 Å². The van der Waals surface area contributed by atoms with Gasteiger partial charge in [-0.1, -0.05) is 25.9 Å². The van der Waals surface area contributed by atoms with Gasteiger partial charge in [-0.25, -0.2) is 0 Å². The maximum atomic E-state index is 12.9. The molecule has 0 aliphatic rings. The van der Waals surface area contributed by atoms with Crippen molar-refractivity contribution in [3.8, 4) is 5.75 Å². The summed E-state index contributed by atoms with van der Waals surface area (Å²) < 4.78 is 50.0. The van der Waals surface area contributed by atoms with E-state index in [0.717, 1.165) is 0 Å². The van der Waals surface area contributed by atoms with Crippen molar-refractivity contribution in [1.29, 1.82) is 0 Å². The van der Waals surface area contributed by atoms with Gasteiger partial charge < -0.3 is 14.4 Å². The van der Waals surface area contributed by atoms with Gasteiger partial charge in [-0.3, -0.25) is 0 Å². The fourth-order valence-electron chi connectivity index (χ4n) is 1.79. The number of rotatable bonds is 5. The molecule has 0 unspecified atom stereocenters. The van der Waals surface area contributed by atoms with E-state index < -0.39 is 20.2 Å². The Morgan fingerprint density at radius 2 is 1.79 bits per heavy atom. The summed E-state index contributed by atoms with van der Waals surface area (Å²) in [5.74, 6) is 0.428. The zero-order valence-electron chi connectivity index (χ0n) is 14.8. The Labute approximate surface area is 141 Å². The molecular formula is C16H24F3NO3Si. The van der Waals surface area contributed by atoms with Crippen molar-refractivity contribution in [2.24, 2.45) is 5.16 Å². The van der Waals surface area contributed by atoms with Crippen molar-refractivity contribution in [2.75, 3.05) is 7.11 Å². The van der Waals surface area contributed by atoms with Crippen LogP contribution < -0.4 is 4.74 Å². The molecule has 136 valence electrons. The van der Waals surface area contributed by atoms with Crippen LogP contribution in [0.1, 0.15) is 31.9 Å². The quantitative estimate of drug-likeness (QED) is 0.348. The van der Waals surface area contributed by atoms with E-state index in [4.69, 9.17) is 14.4 Å². The first-order chi connectivity index (χ1) is 10.8. The number of hydrogen-bond donors (Lipinski definition) is 1. The van der Waals surface area contributed by atoms with E-state index >= 15 is 0 Å². The molecule has 0 heterocycles. The first kappa shape index (κ1) is 20.5. The molecule has 0 radical (unpaired) electrons. The standard InChI is InChI=1S/C16H24F3NO3Si/c1-15(2,3)24(5,6)23-10-12-9-11(7-8-13(12)22-4)14(20-21)16(17,18)19/h7-9,21H,10H2,1-6H3. The number of nitrogens with zero attached hydrogens (tertiary/aromatic N) is 1. The van der Waals surface area contributed by atoms with E-state index in [1.165, 1.54) is 25.3 Å². The SMILES string of the molecule is COc1ccc(C(=NO)C(F)(F)F)cc1CO[Si](C)(C)C(C)(C)C. The highest BCUT2D eigenvalue weighted by atomic mass is 28.4. The minimum absolute atomic E-state index is 0.0263. The summed E-state index contributed by atoms with van der Waals surface area (Å²) in [5, 5.41) is 11.1. The van der Waals surface area contributed by atoms with Gasteiger partial charge in [0.1, 0.15) is 5.75 Å². The Kier molecular flexibility index (Phi) is 6.10. The minimum atomic E-state index is -4.75. The summed E-state index contributed by atoms with van der Waals surface area (Å²) in [4.78, 5) is 0. The molecule has 0 bridgehead atoms. The maximum Gasteiger partial charge on any atom is 0.437 e. The highest BCUT2D eigenvalue weighted by Crippen LogP contribution is 2.37. The monoisotopic (exact) mass is 363 g/mol.